The number of hydrogen-bond acceptors (Lipinski definition) is 4. The highest BCUT2D eigenvalue weighted by molar-refractivity contribution is 7.13. The van der Waals surface area contributed by atoms with Gasteiger partial charge in [0.25, 0.3) is 5.91 Å². The topological polar surface area (TPSA) is 51.2 Å². The first-order valence-electron chi connectivity index (χ1n) is 6.25. The number of thiazole rings is 1. The molecule has 0 spiro atoms. The second-order valence-corrected chi connectivity index (χ2v) is 5.46. The number of amides is 1. The Morgan fingerprint density at radius 1 is 1.37 bits per heavy atom. The van der Waals surface area contributed by atoms with Crippen LogP contribution in [0.5, 0.6) is 5.75 Å². The van der Waals surface area contributed by atoms with Gasteiger partial charge in [-0.1, -0.05) is 0 Å². The van der Waals surface area contributed by atoms with Crippen LogP contribution >= 0.6 is 11.3 Å². The SMILES string of the molecule is O=C(Nc1nccs1)c1ccc(OCC2CC2)cc1. The smallest absolute Gasteiger partial charge is 0.257 e. The lowest BCUT2D eigenvalue weighted by Crippen LogP contribution is -2.11. The van der Waals surface area contributed by atoms with Crippen LogP contribution in [0.15, 0.2) is 35.8 Å². The summed E-state index contributed by atoms with van der Waals surface area (Å²) in [5.74, 6) is 1.40. The molecule has 1 fully saturated rings. The van der Waals surface area contributed by atoms with E-state index >= 15 is 0 Å². The third kappa shape index (κ3) is 3.32. The van der Waals surface area contributed by atoms with Gasteiger partial charge < -0.3 is 4.74 Å². The highest BCUT2D eigenvalue weighted by Gasteiger charge is 2.21. The van der Waals surface area contributed by atoms with E-state index in [1.54, 1.807) is 18.3 Å². The van der Waals surface area contributed by atoms with Gasteiger partial charge in [-0.2, -0.15) is 0 Å². The molecule has 1 aromatic carbocycles. The number of nitrogens with zero attached hydrogens (tertiary/aromatic N) is 1. The molecular weight excluding hydrogens is 260 g/mol. The molecule has 4 nitrogen and oxygen atoms in total. The molecule has 1 aliphatic carbocycles. The molecule has 0 radical (unpaired) electrons. The van der Waals surface area contributed by atoms with Crippen LogP contribution in [-0.4, -0.2) is 17.5 Å². The summed E-state index contributed by atoms with van der Waals surface area (Å²) in [6.45, 7) is 0.782. The molecule has 1 heterocycles. The monoisotopic (exact) mass is 274 g/mol. The number of carbonyl (C=O) groups excluding carboxylic acids is 1. The van der Waals surface area contributed by atoms with Gasteiger partial charge in [0, 0.05) is 17.1 Å². The number of ether oxygens (including phenoxy) is 1. The summed E-state index contributed by atoms with van der Waals surface area (Å²) in [6.07, 6.45) is 4.21. The zero-order valence-corrected chi connectivity index (χ0v) is 11.2. The quantitative estimate of drug-likeness (QED) is 0.911. The summed E-state index contributed by atoms with van der Waals surface area (Å²) in [5.41, 5.74) is 0.606. The summed E-state index contributed by atoms with van der Waals surface area (Å²) in [5, 5.41) is 5.18. The summed E-state index contributed by atoms with van der Waals surface area (Å²) in [7, 11) is 0. The van der Waals surface area contributed by atoms with Crippen molar-refractivity contribution in [3.8, 4) is 5.75 Å². The number of nitrogens with one attached hydrogen (secondary N) is 1. The van der Waals surface area contributed by atoms with E-state index in [0.29, 0.717) is 10.7 Å². The number of benzene rings is 1. The average molecular weight is 274 g/mol. The van der Waals surface area contributed by atoms with Crippen LogP contribution < -0.4 is 10.1 Å². The Morgan fingerprint density at radius 3 is 2.79 bits per heavy atom. The molecule has 1 amide bonds. The first-order chi connectivity index (χ1) is 9.31. The minimum absolute atomic E-state index is 0.149. The van der Waals surface area contributed by atoms with Crippen molar-refractivity contribution >= 4 is 22.4 Å². The van der Waals surface area contributed by atoms with E-state index in [9.17, 15) is 4.79 Å². The van der Waals surface area contributed by atoms with Gasteiger partial charge >= 0.3 is 0 Å². The highest BCUT2D eigenvalue weighted by atomic mass is 32.1. The average Bonchev–Trinajstić information content (AvgIpc) is 3.13. The third-order valence-electron chi connectivity index (χ3n) is 2.95. The lowest BCUT2D eigenvalue weighted by atomic mass is 10.2. The molecule has 1 aromatic heterocycles. The van der Waals surface area contributed by atoms with Gasteiger partial charge in [0.05, 0.1) is 6.61 Å². The molecule has 5 heteroatoms. The lowest BCUT2D eigenvalue weighted by Gasteiger charge is -2.06. The van der Waals surface area contributed by atoms with E-state index < -0.39 is 0 Å². The van der Waals surface area contributed by atoms with Crippen LogP contribution in [0.2, 0.25) is 0 Å². The number of hydrogen-bond donors (Lipinski definition) is 1. The van der Waals surface area contributed by atoms with Gasteiger partial charge in [0.2, 0.25) is 0 Å². The van der Waals surface area contributed by atoms with Crippen molar-refractivity contribution in [2.24, 2.45) is 5.92 Å². The van der Waals surface area contributed by atoms with Crippen LogP contribution in [0.3, 0.4) is 0 Å². The molecule has 0 atom stereocenters. The second kappa shape index (κ2) is 5.40. The summed E-state index contributed by atoms with van der Waals surface area (Å²) < 4.78 is 5.63. The van der Waals surface area contributed by atoms with Gasteiger partial charge in [0.15, 0.2) is 5.13 Å². The molecule has 0 unspecified atom stereocenters. The van der Waals surface area contributed by atoms with Crippen molar-refractivity contribution < 1.29 is 9.53 Å². The Labute approximate surface area is 115 Å². The zero-order valence-electron chi connectivity index (χ0n) is 10.3. The van der Waals surface area contributed by atoms with E-state index in [-0.39, 0.29) is 5.91 Å². The highest BCUT2D eigenvalue weighted by Crippen LogP contribution is 2.29. The first kappa shape index (κ1) is 12.2. The maximum Gasteiger partial charge on any atom is 0.257 e. The molecule has 98 valence electrons. The van der Waals surface area contributed by atoms with Crippen molar-refractivity contribution in [2.45, 2.75) is 12.8 Å². The fourth-order valence-electron chi connectivity index (χ4n) is 1.66. The predicted octanol–water partition coefficient (Wildman–Crippen LogP) is 3.18. The number of rotatable bonds is 5. The van der Waals surface area contributed by atoms with Gasteiger partial charge in [-0.3, -0.25) is 10.1 Å². The van der Waals surface area contributed by atoms with Gasteiger partial charge in [0.1, 0.15) is 5.75 Å². The molecule has 0 saturated heterocycles. The zero-order chi connectivity index (χ0) is 13.1. The number of aromatic nitrogens is 1. The standard InChI is InChI=1S/C14H14N2O2S/c17-13(16-14-15-7-8-19-14)11-3-5-12(6-4-11)18-9-10-1-2-10/h3-8,10H,1-2,9H2,(H,15,16,17). The van der Waals surface area contributed by atoms with Crippen LogP contribution in [0.4, 0.5) is 5.13 Å². The van der Waals surface area contributed by atoms with E-state index in [0.717, 1.165) is 18.3 Å². The van der Waals surface area contributed by atoms with Gasteiger partial charge in [-0.05, 0) is 43.0 Å². The Kier molecular flexibility index (Phi) is 3.46. The van der Waals surface area contributed by atoms with Crippen LogP contribution in [0.25, 0.3) is 0 Å². The van der Waals surface area contributed by atoms with E-state index in [2.05, 4.69) is 10.3 Å². The summed E-state index contributed by atoms with van der Waals surface area (Å²) in [6, 6.07) is 7.20. The number of carbonyl (C=O) groups is 1. The van der Waals surface area contributed by atoms with Crippen molar-refractivity contribution in [3.63, 3.8) is 0 Å². The summed E-state index contributed by atoms with van der Waals surface area (Å²) >= 11 is 1.40. The van der Waals surface area contributed by atoms with Crippen molar-refractivity contribution in [3.05, 3.63) is 41.4 Å². The van der Waals surface area contributed by atoms with Crippen molar-refractivity contribution in [1.29, 1.82) is 0 Å². The first-order valence-corrected chi connectivity index (χ1v) is 7.13. The minimum Gasteiger partial charge on any atom is -0.493 e. The van der Waals surface area contributed by atoms with E-state index in [4.69, 9.17) is 4.74 Å². The molecule has 2 aromatic rings. The minimum atomic E-state index is -0.149. The molecule has 0 aliphatic heterocycles. The molecule has 1 saturated carbocycles. The van der Waals surface area contributed by atoms with Gasteiger partial charge in [-0.15, -0.1) is 11.3 Å². The largest absolute Gasteiger partial charge is 0.493 e. The van der Waals surface area contributed by atoms with Gasteiger partial charge in [-0.25, -0.2) is 4.98 Å². The molecule has 0 bridgehead atoms. The van der Waals surface area contributed by atoms with Crippen LogP contribution in [0, 0.1) is 5.92 Å². The Hall–Kier alpha value is -1.88. The molecular formula is C14H14N2O2S. The van der Waals surface area contributed by atoms with E-state index in [1.807, 2.05) is 17.5 Å². The fraction of sp³-hybridized carbons (Fsp3) is 0.286. The number of anilines is 1. The van der Waals surface area contributed by atoms with Crippen LogP contribution in [0.1, 0.15) is 23.2 Å². The van der Waals surface area contributed by atoms with Crippen molar-refractivity contribution in [1.82, 2.24) is 4.98 Å². The molecule has 3 rings (SSSR count). The lowest BCUT2D eigenvalue weighted by molar-refractivity contribution is 0.102. The maximum atomic E-state index is 11.9. The Balaban J connectivity index is 1.59. The third-order valence-corrected chi connectivity index (χ3v) is 3.64. The Morgan fingerprint density at radius 2 is 2.16 bits per heavy atom. The normalized spacial score (nSPS) is 14.1. The molecule has 1 aliphatic rings. The fourth-order valence-corrected chi connectivity index (χ4v) is 2.18. The molecule has 1 N–H and O–H groups in total. The van der Waals surface area contributed by atoms with Crippen molar-refractivity contribution in [2.75, 3.05) is 11.9 Å². The Bertz CT molecular complexity index is 547. The van der Waals surface area contributed by atoms with Crippen LogP contribution in [-0.2, 0) is 0 Å². The molecule has 19 heavy (non-hydrogen) atoms. The predicted molar refractivity (Wildman–Crippen MR) is 74.7 cm³/mol. The van der Waals surface area contributed by atoms with E-state index in [1.165, 1.54) is 24.2 Å². The second-order valence-electron chi connectivity index (χ2n) is 4.57. The summed E-state index contributed by atoms with van der Waals surface area (Å²) in [4.78, 5) is 15.9. The maximum absolute atomic E-state index is 11.9.